The van der Waals surface area contributed by atoms with E-state index in [1.807, 2.05) is 19.0 Å². The molecule has 1 amide bonds. The third kappa shape index (κ3) is 9.91. The van der Waals surface area contributed by atoms with Crippen LogP contribution < -0.4 is 5.32 Å². The maximum absolute atomic E-state index is 11.9. The van der Waals surface area contributed by atoms with Crippen LogP contribution in [0.25, 0.3) is 0 Å². The maximum atomic E-state index is 11.9. The summed E-state index contributed by atoms with van der Waals surface area (Å²) in [5.74, 6) is 0.219. The predicted octanol–water partition coefficient (Wildman–Crippen LogP) is 1.95. The van der Waals surface area contributed by atoms with Gasteiger partial charge in [0.15, 0.2) is 0 Å². The number of hydrogen-bond acceptors (Lipinski definition) is 3. The number of unbranched alkanes of at least 4 members (excludes halogenated alkanes) is 2. The van der Waals surface area contributed by atoms with Crippen molar-refractivity contribution in [3.8, 4) is 0 Å². The van der Waals surface area contributed by atoms with Gasteiger partial charge >= 0.3 is 0 Å². The smallest absolute Gasteiger partial charge is 0.236 e. The Morgan fingerprint density at radius 2 is 1.68 bits per heavy atom. The first-order valence-corrected chi connectivity index (χ1v) is 7.52. The van der Waals surface area contributed by atoms with Crippen molar-refractivity contribution >= 4 is 5.91 Å². The summed E-state index contributed by atoms with van der Waals surface area (Å²) in [5, 5.41) is 3.41. The molecule has 0 radical (unpaired) electrons. The van der Waals surface area contributed by atoms with E-state index < -0.39 is 0 Å². The number of hydrogen-bond donors (Lipinski definition) is 1. The number of nitrogens with one attached hydrogen (secondary N) is 1. The summed E-state index contributed by atoms with van der Waals surface area (Å²) in [6.07, 6.45) is 3.46. The van der Waals surface area contributed by atoms with Crippen LogP contribution in [0.5, 0.6) is 0 Å². The summed E-state index contributed by atoms with van der Waals surface area (Å²) >= 11 is 0. The Balaban J connectivity index is 3.62. The lowest BCUT2D eigenvalue weighted by molar-refractivity contribution is -0.131. The zero-order chi connectivity index (χ0) is 14.8. The molecular weight excluding hydrogens is 238 g/mol. The Morgan fingerprint density at radius 3 is 2.21 bits per heavy atom. The van der Waals surface area contributed by atoms with Gasteiger partial charge in [-0.2, -0.15) is 0 Å². The van der Waals surface area contributed by atoms with Crippen molar-refractivity contribution in [1.29, 1.82) is 0 Å². The van der Waals surface area contributed by atoms with E-state index in [0.717, 1.165) is 19.5 Å². The van der Waals surface area contributed by atoms with Gasteiger partial charge in [0.25, 0.3) is 0 Å². The molecule has 114 valence electrons. The minimum atomic E-state index is 0.219. The van der Waals surface area contributed by atoms with Crippen molar-refractivity contribution < 1.29 is 4.79 Å². The summed E-state index contributed by atoms with van der Waals surface area (Å²) in [6, 6.07) is 0.982. The summed E-state index contributed by atoms with van der Waals surface area (Å²) in [4.78, 5) is 15.9. The summed E-state index contributed by atoms with van der Waals surface area (Å²) in [7, 11) is 3.90. The van der Waals surface area contributed by atoms with Crippen LogP contribution in [0.15, 0.2) is 0 Å². The van der Waals surface area contributed by atoms with Crippen LogP contribution >= 0.6 is 0 Å². The molecular formula is C15H33N3O. The predicted molar refractivity (Wildman–Crippen MR) is 82.4 cm³/mol. The number of nitrogens with zero attached hydrogens (tertiary/aromatic N) is 2. The van der Waals surface area contributed by atoms with Crippen molar-refractivity contribution in [3.05, 3.63) is 0 Å². The Hall–Kier alpha value is -0.610. The molecule has 4 heteroatoms. The molecule has 0 aliphatic heterocycles. The summed E-state index contributed by atoms with van der Waals surface area (Å²) in [6.45, 7) is 11.0. The molecule has 0 saturated heterocycles. The van der Waals surface area contributed by atoms with E-state index in [9.17, 15) is 4.79 Å². The molecule has 4 nitrogen and oxygen atoms in total. The van der Waals surface area contributed by atoms with Gasteiger partial charge in [-0.05, 0) is 40.3 Å². The Kier molecular flexibility index (Phi) is 9.88. The molecule has 0 aromatic heterocycles. The van der Waals surface area contributed by atoms with Crippen LogP contribution in [-0.4, -0.2) is 61.5 Å². The van der Waals surface area contributed by atoms with E-state index in [1.165, 1.54) is 12.8 Å². The zero-order valence-corrected chi connectivity index (χ0v) is 13.7. The average molecular weight is 271 g/mol. The monoisotopic (exact) mass is 271 g/mol. The first-order valence-electron chi connectivity index (χ1n) is 7.52. The molecule has 0 bridgehead atoms. The number of carbonyl (C=O) groups is 1. The Morgan fingerprint density at radius 1 is 1.05 bits per heavy atom. The molecule has 0 heterocycles. The second-order valence-corrected chi connectivity index (χ2v) is 5.99. The lowest BCUT2D eigenvalue weighted by Gasteiger charge is -2.24. The Labute approximate surface area is 119 Å². The highest BCUT2D eigenvalue weighted by atomic mass is 16.2. The van der Waals surface area contributed by atoms with E-state index >= 15 is 0 Å². The molecule has 0 saturated carbocycles. The molecule has 0 atom stereocenters. The van der Waals surface area contributed by atoms with Crippen LogP contribution in [0.3, 0.4) is 0 Å². The summed E-state index contributed by atoms with van der Waals surface area (Å²) in [5.41, 5.74) is 0. The van der Waals surface area contributed by atoms with Gasteiger partial charge in [0, 0.05) is 25.7 Å². The second kappa shape index (κ2) is 10.2. The van der Waals surface area contributed by atoms with Crippen molar-refractivity contribution in [1.82, 2.24) is 15.1 Å². The largest absolute Gasteiger partial charge is 0.345 e. The van der Waals surface area contributed by atoms with Gasteiger partial charge in [-0.25, -0.2) is 0 Å². The molecule has 0 aromatic rings. The minimum absolute atomic E-state index is 0.219. The van der Waals surface area contributed by atoms with Gasteiger partial charge in [0.2, 0.25) is 5.91 Å². The van der Waals surface area contributed by atoms with Crippen molar-refractivity contribution in [2.24, 2.45) is 0 Å². The lowest BCUT2D eigenvalue weighted by Crippen LogP contribution is -2.39. The number of amides is 1. The molecule has 0 aliphatic carbocycles. The third-order valence-electron chi connectivity index (χ3n) is 3.41. The van der Waals surface area contributed by atoms with Gasteiger partial charge in [-0.1, -0.05) is 20.3 Å². The van der Waals surface area contributed by atoms with Gasteiger partial charge in [-0.3, -0.25) is 9.69 Å². The first-order chi connectivity index (χ1) is 8.84. The van der Waals surface area contributed by atoms with Crippen LogP contribution in [0.1, 0.15) is 47.0 Å². The highest BCUT2D eigenvalue weighted by molar-refractivity contribution is 5.77. The van der Waals surface area contributed by atoms with Crippen molar-refractivity contribution in [3.63, 3.8) is 0 Å². The molecule has 0 aromatic carbocycles. The van der Waals surface area contributed by atoms with Gasteiger partial charge in [-0.15, -0.1) is 0 Å². The van der Waals surface area contributed by atoms with Crippen LogP contribution in [0.4, 0.5) is 0 Å². The quantitative estimate of drug-likeness (QED) is 0.617. The van der Waals surface area contributed by atoms with E-state index in [4.69, 9.17) is 0 Å². The molecule has 0 fully saturated rings. The number of likely N-dealkylation sites (N-methyl/N-ethyl adjacent to an activating group) is 2. The van der Waals surface area contributed by atoms with E-state index in [1.54, 1.807) is 0 Å². The fourth-order valence-corrected chi connectivity index (χ4v) is 1.68. The van der Waals surface area contributed by atoms with Gasteiger partial charge in [0.1, 0.15) is 0 Å². The first kappa shape index (κ1) is 18.4. The lowest BCUT2D eigenvalue weighted by atomic mass is 10.2. The standard InChI is InChI=1S/C15H33N3O/c1-13(2)16-10-8-7-9-11-17(5)15(19)12-18(6)14(3)4/h13-14,16H,7-12H2,1-6H3. The highest BCUT2D eigenvalue weighted by Crippen LogP contribution is 2.00. The topological polar surface area (TPSA) is 35.6 Å². The van der Waals surface area contributed by atoms with Crippen LogP contribution in [0, 0.1) is 0 Å². The molecule has 0 unspecified atom stereocenters. The fourth-order valence-electron chi connectivity index (χ4n) is 1.68. The Bertz CT molecular complexity index is 242. The molecule has 0 spiro atoms. The number of carbonyl (C=O) groups excluding carboxylic acids is 1. The molecule has 1 N–H and O–H groups in total. The number of rotatable bonds is 10. The van der Waals surface area contributed by atoms with E-state index in [0.29, 0.717) is 18.6 Å². The fraction of sp³-hybridized carbons (Fsp3) is 0.933. The van der Waals surface area contributed by atoms with Gasteiger partial charge in [0.05, 0.1) is 6.54 Å². The zero-order valence-electron chi connectivity index (χ0n) is 13.7. The average Bonchev–Trinajstić information content (AvgIpc) is 2.32. The van der Waals surface area contributed by atoms with Crippen LogP contribution in [0.2, 0.25) is 0 Å². The van der Waals surface area contributed by atoms with E-state index in [2.05, 4.69) is 37.9 Å². The van der Waals surface area contributed by atoms with Crippen molar-refractivity contribution in [2.45, 2.75) is 59.0 Å². The second-order valence-electron chi connectivity index (χ2n) is 5.99. The van der Waals surface area contributed by atoms with Gasteiger partial charge < -0.3 is 10.2 Å². The maximum Gasteiger partial charge on any atom is 0.236 e. The molecule has 0 aliphatic rings. The molecule has 19 heavy (non-hydrogen) atoms. The normalized spacial score (nSPS) is 11.6. The highest BCUT2D eigenvalue weighted by Gasteiger charge is 2.12. The SMILES string of the molecule is CC(C)NCCCCCN(C)C(=O)CN(C)C(C)C. The van der Waals surface area contributed by atoms with E-state index in [-0.39, 0.29) is 5.91 Å². The third-order valence-corrected chi connectivity index (χ3v) is 3.41. The molecule has 0 rings (SSSR count). The summed E-state index contributed by atoms with van der Waals surface area (Å²) < 4.78 is 0. The minimum Gasteiger partial charge on any atom is -0.345 e. The van der Waals surface area contributed by atoms with Crippen LogP contribution in [-0.2, 0) is 4.79 Å². The van der Waals surface area contributed by atoms with Crippen molar-refractivity contribution in [2.75, 3.05) is 33.7 Å².